The van der Waals surface area contributed by atoms with Crippen LogP contribution in [0.25, 0.3) is 11.4 Å². The van der Waals surface area contributed by atoms with E-state index >= 15 is 0 Å². The molecular weight excluding hydrogens is 198 g/mol. The van der Waals surface area contributed by atoms with Crippen LogP contribution in [0.2, 0.25) is 0 Å². The molecular formula is C8H9N5S. The van der Waals surface area contributed by atoms with Crippen LogP contribution in [0, 0.1) is 0 Å². The van der Waals surface area contributed by atoms with Gasteiger partial charge in [0.25, 0.3) is 0 Å². The van der Waals surface area contributed by atoms with Crippen LogP contribution in [0.3, 0.4) is 0 Å². The van der Waals surface area contributed by atoms with Crippen LogP contribution in [-0.4, -0.2) is 31.0 Å². The summed E-state index contributed by atoms with van der Waals surface area (Å²) in [6.07, 6.45) is 6.91. The molecule has 2 heterocycles. The summed E-state index contributed by atoms with van der Waals surface area (Å²) in [4.78, 5) is 7.88. The molecule has 2 aromatic heterocycles. The van der Waals surface area contributed by atoms with Crippen LogP contribution in [0.5, 0.6) is 0 Å². The van der Waals surface area contributed by atoms with Crippen molar-refractivity contribution in [2.75, 3.05) is 6.26 Å². The highest BCUT2D eigenvalue weighted by Crippen LogP contribution is 2.18. The Morgan fingerprint density at radius 1 is 1.21 bits per heavy atom. The Hall–Kier alpha value is -1.43. The quantitative estimate of drug-likeness (QED) is 0.687. The minimum atomic E-state index is 0.787. The molecule has 2 aromatic rings. The molecule has 0 spiro atoms. The molecule has 0 fully saturated rings. The lowest BCUT2D eigenvalue weighted by Gasteiger charge is -2.00. The number of hydrogen-bond donors (Lipinski definition) is 0. The number of aromatic nitrogens is 5. The van der Waals surface area contributed by atoms with Crippen LogP contribution in [0.15, 0.2) is 23.9 Å². The monoisotopic (exact) mass is 207 g/mol. The average Bonchev–Trinajstić information content (AvgIpc) is 2.61. The fourth-order valence-corrected chi connectivity index (χ4v) is 1.64. The average molecular weight is 207 g/mol. The summed E-state index contributed by atoms with van der Waals surface area (Å²) in [6, 6.07) is 0. The van der Waals surface area contributed by atoms with Gasteiger partial charge in [-0.05, 0) is 6.26 Å². The second kappa shape index (κ2) is 3.75. The van der Waals surface area contributed by atoms with Gasteiger partial charge in [0.1, 0.15) is 6.33 Å². The van der Waals surface area contributed by atoms with Crippen molar-refractivity contribution >= 4 is 11.8 Å². The largest absolute Gasteiger partial charge is 0.305 e. The molecule has 72 valence electrons. The topological polar surface area (TPSA) is 56.5 Å². The highest BCUT2D eigenvalue weighted by atomic mass is 32.2. The summed E-state index contributed by atoms with van der Waals surface area (Å²) in [6.45, 7) is 0. The summed E-state index contributed by atoms with van der Waals surface area (Å²) in [5.74, 6) is 0.787. The Balaban J connectivity index is 2.48. The molecule has 0 N–H and O–H groups in total. The van der Waals surface area contributed by atoms with E-state index in [1.54, 1.807) is 24.2 Å². The SMILES string of the molecule is CSc1nnc(-c2cncnc2)n1C. The van der Waals surface area contributed by atoms with Gasteiger partial charge in [0.15, 0.2) is 11.0 Å². The Labute approximate surface area is 85.6 Å². The standard InChI is InChI=1S/C8H9N5S/c1-13-7(11-12-8(13)14-2)6-3-9-5-10-4-6/h3-5H,1-2H3. The number of nitrogens with zero attached hydrogens (tertiary/aromatic N) is 5. The minimum absolute atomic E-state index is 0.787. The third-order valence-electron chi connectivity index (χ3n) is 1.84. The van der Waals surface area contributed by atoms with E-state index < -0.39 is 0 Å². The van der Waals surface area contributed by atoms with Crippen LogP contribution in [0.1, 0.15) is 0 Å². The normalized spacial score (nSPS) is 10.4. The number of thioether (sulfide) groups is 1. The maximum Gasteiger partial charge on any atom is 0.190 e. The summed E-state index contributed by atoms with van der Waals surface area (Å²) >= 11 is 1.56. The fraction of sp³-hybridized carbons (Fsp3) is 0.250. The molecule has 0 saturated heterocycles. The van der Waals surface area contributed by atoms with Gasteiger partial charge in [0.2, 0.25) is 0 Å². The van der Waals surface area contributed by atoms with Crippen LogP contribution in [-0.2, 0) is 7.05 Å². The Kier molecular flexibility index (Phi) is 2.45. The molecule has 0 aliphatic heterocycles. The second-order valence-corrected chi connectivity index (χ2v) is 3.47. The first-order chi connectivity index (χ1) is 6.83. The lowest BCUT2D eigenvalue weighted by Crippen LogP contribution is -1.94. The molecule has 0 saturated carbocycles. The zero-order valence-electron chi connectivity index (χ0n) is 7.88. The van der Waals surface area contributed by atoms with Crippen molar-refractivity contribution in [3.63, 3.8) is 0 Å². The predicted molar refractivity (Wildman–Crippen MR) is 53.8 cm³/mol. The Morgan fingerprint density at radius 2 is 1.93 bits per heavy atom. The zero-order valence-corrected chi connectivity index (χ0v) is 8.69. The van der Waals surface area contributed by atoms with Crippen molar-refractivity contribution in [1.82, 2.24) is 24.7 Å². The van der Waals surface area contributed by atoms with Crippen molar-refractivity contribution in [1.29, 1.82) is 0 Å². The van der Waals surface area contributed by atoms with Crippen molar-refractivity contribution in [3.05, 3.63) is 18.7 Å². The summed E-state index contributed by atoms with van der Waals surface area (Å²) in [5, 5.41) is 8.98. The third-order valence-corrected chi connectivity index (χ3v) is 2.56. The summed E-state index contributed by atoms with van der Waals surface area (Å²) in [7, 11) is 1.92. The summed E-state index contributed by atoms with van der Waals surface area (Å²) < 4.78 is 1.92. The van der Waals surface area contributed by atoms with E-state index in [1.807, 2.05) is 17.9 Å². The van der Waals surface area contributed by atoms with Crippen molar-refractivity contribution in [2.24, 2.45) is 7.05 Å². The van der Waals surface area contributed by atoms with E-state index in [-0.39, 0.29) is 0 Å². The first kappa shape index (κ1) is 9.14. The van der Waals surface area contributed by atoms with Crippen molar-refractivity contribution in [2.45, 2.75) is 5.16 Å². The first-order valence-electron chi connectivity index (χ1n) is 4.01. The molecule has 0 bridgehead atoms. The second-order valence-electron chi connectivity index (χ2n) is 2.70. The number of rotatable bonds is 2. The van der Waals surface area contributed by atoms with Crippen LogP contribution >= 0.6 is 11.8 Å². The van der Waals surface area contributed by atoms with Gasteiger partial charge in [0, 0.05) is 19.4 Å². The zero-order chi connectivity index (χ0) is 9.97. The summed E-state index contributed by atoms with van der Waals surface area (Å²) in [5.41, 5.74) is 0.878. The molecule has 0 aromatic carbocycles. The lowest BCUT2D eigenvalue weighted by atomic mass is 10.3. The maximum absolute atomic E-state index is 4.07. The number of hydrogen-bond acceptors (Lipinski definition) is 5. The van der Waals surface area contributed by atoms with Crippen molar-refractivity contribution in [3.8, 4) is 11.4 Å². The third kappa shape index (κ3) is 1.48. The van der Waals surface area contributed by atoms with E-state index in [0.717, 1.165) is 16.5 Å². The molecule has 0 unspecified atom stereocenters. The highest BCUT2D eigenvalue weighted by Gasteiger charge is 2.09. The van der Waals surface area contributed by atoms with E-state index in [0.29, 0.717) is 0 Å². The van der Waals surface area contributed by atoms with Gasteiger partial charge < -0.3 is 4.57 Å². The van der Waals surface area contributed by atoms with Gasteiger partial charge in [-0.3, -0.25) is 0 Å². The highest BCUT2D eigenvalue weighted by molar-refractivity contribution is 7.98. The van der Waals surface area contributed by atoms with E-state index in [1.165, 1.54) is 6.33 Å². The van der Waals surface area contributed by atoms with E-state index in [2.05, 4.69) is 20.2 Å². The Morgan fingerprint density at radius 3 is 2.50 bits per heavy atom. The molecule has 5 nitrogen and oxygen atoms in total. The van der Waals surface area contributed by atoms with Gasteiger partial charge in [0.05, 0.1) is 5.56 Å². The predicted octanol–water partition coefficient (Wildman–Crippen LogP) is 0.994. The molecule has 0 aliphatic carbocycles. The van der Waals surface area contributed by atoms with Gasteiger partial charge in [-0.1, -0.05) is 11.8 Å². The molecule has 0 aliphatic rings. The molecule has 14 heavy (non-hydrogen) atoms. The van der Waals surface area contributed by atoms with Crippen LogP contribution in [0.4, 0.5) is 0 Å². The van der Waals surface area contributed by atoms with E-state index in [4.69, 9.17) is 0 Å². The molecule has 0 atom stereocenters. The first-order valence-corrected chi connectivity index (χ1v) is 5.24. The molecule has 6 heteroatoms. The fourth-order valence-electron chi connectivity index (χ4n) is 1.16. The molecule has 2 rings (SSSR count). The Bertz CT molecular complexity index is 425. The van der Waals surface area contributed by atoms with Crippen molar-refractivity contribution < 1.29 is 0 Å². The van der Waals surface area contributed by atoms with Gasteiger partial charge in [-0.2, -0.15) is 0 Å². The van der Waals surface area contributed by atoms with Gasteiger partial charge in [-0.25, -0.2) is 9.97 Å². The molecule has 0 amide bonds. The van der Waals surface area contributed by atoms with Crippen LogP contribution < -0.4 is 0 Å². The minimum Gasteiger partial charge on any atom is -0.305 e. The maximum atomic E-state index is 4.07. The van der Waals surface area contributed by atoms with Gasteiger partial charge in [-0.15, -0.1) is 10.2 Å². The van der Waals surface area contributed by atoms with E-state index in [9.17, 15) is 0 Å². The molecule has 0 radical (unpaired) electrons. The smallest absolute Gasteiger partial charge is 0.190 e. The van der Waals surface area contributed by atoms with Gasteiger partial charge >= 0.3 is 0 Å². The lowest BCUT2D eigenvalue weighted by molar-refractivity contribution is 0.795.